The Morgan fingerprint density at radius 2 is 1.85 bits per heavy atom. The second-order valence-electron chi connectivity index (χ2n) is 10.8. The van der Waals surface area contributed by atoms with E-state index in [2.05, 4.69) is 57.7 Å². The lowest BCUT2D eigenvalue weighted by Gasteiger charge is -2.46. The van der Waals surface area contributed by atoms with E-state index in [0.29, 0.717) is 29.9 Å². The largest absolute Gasteiger partial charge is 0.336 e. The van der Waals surface area contributed by atoms with Gasteiger partial charge in [-0.1, -0.05) is 60.8 Å². The van der Waals surface area contributed by atoms with Gasteiger partial charge in [0.2, 0.25) is 0 Å². The van der Waals surface area contributed by atoms with Crippen molar-refractivity contribution >= 4 is 23.3 Å². The van der Waals surface area contributed by atoms with E-state index in [4.69, 9.17) is 11.6 Å². The standard InChI is InChI=1S/C32H35ClFN5O/c1-22-21-38(28-7-2-3-8-28)15-16-39(22)31(20-36-32(40)37-27-13-14-30(34)29(33)18-27)25-11-9-24(10-12-25)26-6-4-5-23(17-26)19-35/h4-6,9-14,17-18,22,28,31H,2-3,7-8,15-16,20-21H2,1H3,(H2,36,37,40)/t22-,31-/m0/s1. The van der Waals surface area contributed by atoms with E-state index in [0.717, 1.165) is 36.3 Å². The van der Waals surface area contributed by atoms with Crippen molar-refractivity contribution in [2.45, 2.75) is 50.7 Å². The first-order chi connectivity index (χ1) is 19.4. The molecule has 2 atom stereocenters. The zero-order valence-electron chi connectivity index (χ0n) is 22.7. The van der Waals surface area contributed by atoms with E-state index < -0.39 is 5.82 Å². The number of urea groups is 1. The molecule has 6 nitrogen and oxygen atoms in total. The van der Waals surface area contributed by atoms with E-state index >= 15 is 0 Å². The van der Waals surface area contributed by atoms with Crippen LogP contribution in [0.15, 0.2) is 66.7 Å². The van der Waals surface area contributed by atoms with E-state index in [9.17, 15) is 14.4 Å². The lowest BCUT2D eigenvalue weighted by Crippen LogP contribution is -2.56. The Morgan fingerprint density at radius 1 is 1.07 bits per heavy atom. The van der Waals surface area contributed by atoms with Crippen molar-refractivity contribution in [1.29, 1.82) is 5.26 Å². The van der Waals surface area contributed by atoms with Gasteiger partial charge in [0.05, 0.1) is 22.7 Å². The molecule has 5 rings (SSSR count). The fourth-order valence-electron chi connectivity index (χ4n) is 6.10. The number of hydrogen-bond donors (Lipinski definition) is 2. The molecule has 2 N–H and O–H groups in total. The molecule has 1 saturated carbocycles. The molecule has 0 spiro atoms. The Hall–Kier alpha value is -3.44. The molecule has 0 radical (unpaired) electrons. The Labute approximate surface area is 240 Å². The van der Waals surface area contributed by atoms with Crippen molar-refractivity contribution in [3.63, 3.8) is 0 Å². The van der Waals surface area contributed by atoms with Crippen LogP contribution in [0.2, 0.25) is 5.02 Å². The highest BCUT2D eigenvalue weighted by atomic mass is 35.5. The van der Waals surface area contributed by atoms with E-state index in [1.807, 2.05) is 18.2 Å². The van der Waals surface area contributed by atoms with Crippen molar-refractivity contribution in [2.75, 3.05) is 31.5 Å². The van der Waals surface area contributed by atoms with Gasteiger partial charge in [0.25, 0.3) is 0 Å². The predicted molar refractivity (Wildman–Crippen MR) is 158 cm³/mol. The fraction of sp³-hybridized carbons (Fsp3) is 0.375. The van der Waals surface area contributed by atoms with Gasteiger partial charge in [-0.25, -0.2) is 9.18 Å². The smallest absolute Gasteiger partial charge is 0.319 e. The van der Waals surface area contributed by atoms with Crippen LogP contribution < -0.4 is 10.6 Å². The number of carbonyl (C=O) groups excluding carboxylic acids is 1. The van der Waals surface area contributed by atoms with Crippen LogP contribution in [0.3, 0.4) is 0 Å². The maximum Gasteiger partial charge on any atom is 0.319 e. The third-order valence-corrected chi connectivity index (χ3v) is 8.50. The Morgan fingerprint density at radius 3 is 2.55 bits per heavy atom. The van der Waals surface area contributed by atoms with Crippen LogP contribution in [0.5, 0.6) is 0 Å². The van der Waals surface area contributed by atoms with Crippen molar-refractivity contribution in [2.24, 2.45) is 0 Å². The molecule has 3 aromatic carbocycles. The molecule has 208 valence electrons. The van der Waals surface area contributed by atoms with Crippen LogP contribution >= 0.6 is 11.6 Å². The topological polar surface area (TPSA) is 71.4 Å². The highest BCUT2D eigenvalue weighted by Gasteiger charge is 2.34. The summed E-state index contributed by atoms with van der Waals surface area (Å²) in [7, 11) is 0. The van der Waals surface area contributed by atoms with Crippen molar-refractivity contribution in [1.82, 2.24) is 15.1 Å². The molecule has 0 bridgehead atoms. The van der Waals surface area contributed by atoms with Crippen LogP contribution in [0.4, 0.5) is 14.9 Å². The second kappa shape index (κ2) is 12.8. The number of piperazine rings is 1. The lowest BCUT2D eigenvalue weighted by molar-refractivity contribution is 0.0289. The van der Waals surface area contributed by atoms with Crippen molar-refractivity contribution in [3.05, 3.63) is 88.7 Å². The van der Waals surface area contributed by atoms with Crippen molar-refractivity contribution in [3.8, 4) is 17.2 Å². The van der Waals surface area contributed by atoms with Gasteiger partial charge in [0.15, 0.2) is 0 Å². The summed E-state index contributed by atoms with van der Waals surface area (Å²) in [5.74, 6) is -0.527. The maximum atomic E-state index is 13.5. The number of nitrogens with one attached hydrogen (secondary N) is 2. The molecule has 1 aliphatic carbocycles. The number of amides is 2. The SMILES string of the molecule is C[C@H]1CN(C2CCCC2)CCN1[C@@H](CNC(=O)Nc1ccc(F)c(Cl)c1)c1ccc(-c2cccc(C#N)c2)cc1. The van der Waals surface area contributed by atoms with Crippen LogP contribution in [-0.2, 0) is 0 Å². The second-order valence-corrected chi connectivity index (χ2v) is 11.2. The summed E-state index contributed by atoms with van der Waals surface area (Å²) >= 11 is 5.88. The highest BCUT2D eigenvalue weighted by Crippen LogP contribution is 2.31. The maximum absolute atomic E-state index is 13.5. The van der Waals surface area contributed by atoms with Gasteiger partial charge in [-0.15, -0.1) is 0 Å². The number of rotatable bonds is 7. The Balaban J connectivity index is 1.33. The number of benzene rings is 3. The van der Waals surface area contributed by atoms with Gasteiger partial charge in [0, 0.05) is 44.0 Å². The lowest BCUT2D eigenvalue weighted by atomic mass is 9.97. The number of nitriles is 1. The monoisotopic (exact) mass is 559 g/mol. The quantitative estimate of drug-likeness (QED) is 0.333. The highest BCUT2D eigenvalue weighted by molar-refractivity contribution is 6.31. The molecule has 8 heteroatoms. The number of nitrogens with zero attached hydrogens (tertiary/aromatic N) is 3. The van der Waals surface area contributed by atoms with Crippen LogP contribution in [0.25, 0.3) is 11.1 Å². The molecule has 40 heavy (non-hydrogen) atoms. The molecule has 2 amide bonds. The molecule has 0 aromatic heterocycles. The molecular formula is C32H35ClFN5O. The van der Waals surface area contributed by atoms with Gasteiger partial charge in [-0.05, 0) is 66.8 Å². The Kier molecular flexibility index (Phi) is 9.01. The zero-order chi connectivity index (χ0) is 28.1. The van der Waals surface area contributed by atoms with Crippen LogP contribution in [0.1, 0.15) is 49.8 Å². The molecule has 2 aliphatic rings. The molecule has 0 unspecified atom stereocenters. The summed E-state index contributed by atoms with van der Waals surface area (Å²) in [6.07, 6.45) is 5.23. The molecule has 3 aromatic rings. The van der Waals surface area contributed by atoms with Crippen molar-refractivity contribution < 1.29 is 9.18 Å². The van der Waals surface area contributed by atoms with Gasteiger partial charge < -0.3 is 10.6 Å². The molecule has 1 heterocycles. The van der Waals surface area contributed by atoms with Gasteiger partial charge in [-0.3, -0.25) is 9.80 Å². The van der Waals surface area contributed by atoms with E-state index in [1.54, 1.807) is 6.07 Å². The average molecular weight is 560 g/mol. The predicted octanol–water partition coefficient (Wildman–Crippen LogP) is 6.83. The first kappa shape index (κ1) is 28.1. The first-order valence-electron chi connectivity index (χ1n) is 14.0. The Bertz CT molecular complexity index is 1370. The van der Waals surface area contributed by atoms with Gasteiger partial charge in [0.1, 0.15) is 5.82 Å². The average Bonchev–Trinajstić information content (AvgIpc) is 3.51. The third-order valence-electron chi connectivity index (χ3n) is 8.21. The minimum Gasteiger partial charge on any atom is -0.336 e. The van der Waals surface area contributed by atoms with Gasteiger partial charge in [-0.2, -0.15) is 5.26 Å². The molecule has 2 fully saturated rings. The summed E-state index contributed by atoms with van der Waals surface area (Å²) in [4.78, 5) is 18.0. The number of anilines is 1. The number of carbonyl (C=O) groups is 1. The minimum atomic E-state index is -0.527. The normalized spacial score (nSPS) is 19.2. The summed E-state index contributed by atoms with van der Waals surface area (Å²) in [6.45, 7) is 5.64. The van der Waals surface area contributed by atoms with Crippen LogP contribution in [0, 0.1) is 17.1 Å². The van der Waals surface area contributed by atoms with Gasteiger partial charge >= 0.3 is 6.03 Å². The summed E-state index contributed by atoms with van der Waals surface area (Å²) < 4.78 is 13.5. The third kappa shape index (κ3) is 6.64. The van der Waals surface area contributed by atoms with E-state index in [1.165, 1.54) is 43.9 Å². The van der Waals surface area contributed by atoms with Crippen LogP contribution in [-0.4, -0.2) is 54.1 Å². The van der Waals surface area contributed by atoms with E-state index in [-0.39, 0.29) is 17.1 Å². The fourth-order valence-corrected chi connectivity index (χ4v) is 6.28. The number of hydrogen-bond acceptors (Lipinski definition) is 4. The zero-order valence-corrected chi connectivity index (χ0v) is 23.5. The first-order valence-corrected chi connectivity index (χ1v) is 14.4. The number of halogens is 2. The molecule has 1 aliphatic heterocycles. The molecule has 1 saturated heterocycles. The summed E-state index contributed by atoms with van der Waals surface area (Å²) in [5, 5.41) is 15.0. The summed E-state index contributed by atoms with van der Waals surface area (Å²) in [6, 6.07) is 23.0. The minimum absolute atomic E-state index is 0.0252. The summed E-state index contributed by atoms with van der Waals surface area (Å²) in [5.41, 5.74) is 4.22. The molecular weight excluding hydrogens is 525 g/mol.